The zero-order valence-corrected chi connectivity index (χ0v) is 15.4. The molecule has 0 aromatic heterocycles. The van der Waals surface area contributed by atoms with Gasteiger partial charge in [-0.3, -0.25) is 14.1 Å². The Labute approximate surface area is 164 Å². The molecule has 9 heteroatoms. The highest BCUT2D eigenvalue weighted by molar-refractivity contribution is 7.85. The van der Waals surface area contributed by atoms with Crippen LogP contribution in [0.1, 0.15) is 31.8 Å². The van der Waals surface area contributed by atoms with Crippen LogP contribution in [-0.2, 0) is 10.1 Å². The summed E-state index contributed by atoms with van der Waals surface area (Å²) in [6.45, 7) is 0. The van der Waals surface area contributed by atoms with E-state index in [2.05, 4.69) is 0 Å². The monoisotopic (exact) mass is 411 g/mol. The second kappa shape index (κ2) is 6.43. The van der Waals surface area contributed by atoms with Crippen LogP contribution in [0.3, 0.4) is 0 Å². The number of phenols is 1. The molecule has 0 spiro atoms. The first-order chi connectivity index (χ1) is 13.7. The predicted octanol–water partition coefficient (Wildman–Crippen LogP) is 2.79. The van der Waals surface area contributed by atoms with Crippen LogP contribution in [0.5, 0.6) is 17.2 Å². The molecule has 0 amide bonds. The smallest absolute Gasteiger partial charge is 0.294 e. The van der Waals surface area contributed by atoms with Crippen molar-refractivity contribution >= 4 is 27.4 Å². The third-order valence-electron chi connectivity index (χ3n) is 4.53. The van der Waals surface area contributed by atoms with Crippen LogP contribution in [0.4, 0.5) is 5.69 Å². The number of anilines is 1. The minimum absolute atomic E-state index is 0.0820. The summed E-state index contributed by atoms with van der Waals surface area (Å²) in [6, 6.07) is 12.1. The standard InChI is InChI=1S/C20H13NO7S/c21-18-15(28-10-5-7-11(8-6-10)29(25,26)27)9-14(22)16-17(18)20(24)13-4-2-1-3-12(13)19(16)23/h1-9,22H,21H2,(H,25,26,27). The van der Waals surface area contributed by atoms with E-state index in [4.69, 9.17) is 15.0 Å². The molecule has 0 saturated carbocycles. The van der Waals surface area contributed by atoms with Crippen LogP contribution < -0.4 is 10.5 Å². The van der Waals surface area contributed by atoms with E-state index in [0.717, 1.165) is 18.2 Å². The fraction of sp³-hybridized carbons (Fsp3) is 0. The highest BCUT2D eigenvalue weighted by Crippen LogP contribution is 2.42. The van der Waals surface area contributed by atoms with Gasteiger partial charge in [-0.2, -0.15) is 8.42 Å². The summed E-state index contributed by atoms with van der Waals surface area (Å²) < 4.78 is 36.8. The first-order valence-electron chi connectivity index (χ1n) is 8.27. The van der Waals surface area contributed by atoms with Gasteiger partial charge in [-0.1, -0.05) is 24.3 Å². The number of rotatable bonds is 3. The second-order valence-corrected chi connectivity index (χ2v) is 7.73. The molecule has 0 unspecified atom stereocenters. The normalized spacial score (nSPS) is 13.0. The van der Waals surface area contributed by atoms with Crippen LogP contribution in [0.2, 0.25) is 0 Å². The van der Waals surface area contributed by atoms with Gasteiger partial charge in [0.25, 0.3) is 10.1 Å². The Kier molecular flexibility index (Phi) is 4.14. The molecule has 3 aromatic carbocycles. The molecule has 0 saturated heterocycles. The maximum Gasteiger partial charge on any atom is 0.294 e. The summed E-state index contributed by atoms with van der Waals surface area (Å²) >= 11 is 0. The van der Waals surface area contributed by atoms with Gasteiger partial charge in [0.1, 0.15) is 11.5 Å². The van der Waals surface area contributed by atoms with Gasteiger partial charge in [0.15, 0.2) is 17.3 Å². The number of nitrogens with two attached hydrogens (primary N) is 1. The Balaban J connectivity index is 1.79. The number of carbonyl (C=O) groups excluding carboxylic acids is 2. The lowest BCUT2D eigenvalue weighted by Crippen LogP contribution is -2.22. The summed E-state index contributed by atoms with van der Waals surface area (Å²) in [4.78, 5) is 25.3. The maximum atomic E-state index is 12.9. The van der Waals surface area contributed by atoms with Crippen molar-refractivity contribution in [3.8, 4) is 17.2 Å². The molecule has 1 aliphatic rings. The van der Waals surface area contributed by atoms with Gasteiger partial charge in [0.05, 0.1) is 21.7 Å². The second-order valence-electron chi connectivity index (χ2n) is 6.31. The number of aromatic hydroxyl groups is 1. The minimum atomic E-state index is -4.36. The highest BCUT2D eigenvalue weighted by atomic mass is 32.2. The molecular weight excluding hydrogens is 398 g/mol. The SMILES string of the molecule is Nc1c(Oc2ccc(S(=O)(=O)O)cc2)cc(O)c2c1C(=O)c1ccccc1C2=O. The molecule has 0 heterocycles. The number of fused-ring (bicyclic) bond motifs is 2. The number of ketones is 2. The minimum Gasteiger partial charge on any atom is -0.507 e. The first-order valence-corrected chi connectivity index (χ1v) is 9.71. The van der Waals surface area contributed by atoms with Crippen molar-refractivity contribution in [2.75, 3.05) is 5.73 Å². The van der Waals surface area contributed by atoms with Gasteiger partial charge in [-0.05, 0) is 24.3 Å². The van der Waals surface area contributed by atoms with Crippen LogP contribution in [-0.4, -0.2) is 29.6 Å². The van der Waals surface area contributed by atoms with Crippen LogP contribution in [0, 0.1) is 0 Å². The summed E-state index contributed by atoms with van der Waals surface area (Å²) in [6.07, 6.45) is 0. The van der Waals surface area contributed by atoms with Gasteiger partial charge >= 0.3 is 0 Å². The quantitative estimate of drug-likeness (QED) is 0.265. The lowest BCUT2D eigenvalue weighted by Gasteiger charge is -2.21. The number of phenolic OH excluding ortho intramolecular Hbond substituents is 1. The number of hydrogen-bond acceptors (Lipinski definition) is 7. The Hall–Kier alpha value is -3.69. The zero-order valence-electron chi connectivity index (χ0n) is 14.6. The van der Waals surface area contributed by atoms with Gasteiger partial charge in [0, 0.05) is 17.2 Å². The van der Waals surface area contributed by atoms with E-state index in [1.54, 1.807) is 12.1 Å². The Morgan fingerprint density at radius 3 is 1.97 bits per heavy atom. The summed E-state index contributed by atoms with van der Waals surface area (Å²) in [5, 5.41) is 10.4. The molecule has 4 rings (SSSR count). The van der Waals surface area contributed by atoms with E-state index < -0.39 is 27.4 Å². The Morgan fingerprint density at radius 2 is 1.41 bits per heavy atom. The van der Waals surface area contributed by atoms with E-state index in [1.165, 1.54) is 24.3 Å². The molecule has 0 aliphatic heterocycles. The summed E-state index contributed by atoms with van der Waals surface area (Å²) in [5.41, 5.74) is 5.95. The largest absolute Gasteiger partial charge is 0.507 e. The fourth-order valence-corrected chi connectivity index (χ4v) is 3.65. The van der Waals surface area contributed by atoms with Crippen molar-refractivity contribution in [2.24, 2.45) is 0 Å². The predicted molar refractivity (Wildman–Crippen MR) is 102 cm³/mol. The number of nitrogen functional groups attached to an aromatic ring is 1. The molecule has 4 N–H and O–H groups in total. The van der Waals surface area contributed by atoms with E-state index in [9.17, 15) is 23.1 Å². The molecule has 29 heavy (non-hydrogen) atoms. The summed E-state index contributed by atoms with van der Waals surface area (Å²) in [7, 11) is -4.36. The van der Waals surface area contributed by atoms with Crippen molar-refractivity contribution in [3.05, 3.63) is 76.9 Å². The highest BCUT2D eigenvalue weighted by Gasteiger charge is 2.35. The van der Waals surface area contributed by atoms with E-state index >= 15 is 0 Å². The number of hydrogen-bond donors (Lipinski definition) is 3. The van der Waals surface area contributed by atoms with Crippen LogP contribution >= 0.6 is 0 Å². The zero-order chi connectivity index (χ0) is 20.9. The molecule has 1 aliphatic carbocycles. The average molecular weight is 411 g/mol. The molecule has 3 aromatic rings. The van der Waals surface area contributed by atoms with Crippen molar-refractivity contribution in [1.29, 1.82) is 0 Å². The van der Waals surface area contributed by atoms with E-state index in [1.807, 2.05) is 0 Å². The average Bonchev–Trinajstić information content (AvgIpc) is 2.68. The van der Waals surface area contributed by atoms with E-state index in [0.29, 0.717) is 0 Å². The molecular formula is C20H13NO7S. The number of carbonyl (C=O) groups is 2. The lowest BCUT2D eigenvalue weighted by atomic mass is 9.82. The third-order valence-corrected chi connectivity index (χ3v) is 5.40. The van der Waals surface area contributed by atoms with Crippen LogP contribution in [0.25, 0.3) is 0 Å². The van der Waals surface area contributed by atoms with Crippen molar-refractivity contribution in [3.63, 3.8) is 0 Å². The topological polar surface area (TPSA) is 144 Å². The van der Waals surface area contributed by atoms with Crippen molar-refractivity contribution < 1.29 is 32.4 Å². The van der Waals surface area contributed by atoms with Gasteiger partial charge < -0.3 is 15.6 Å². The van der Waals surface area contributed by atoms with Crippen molar-refractivity contribution in [2.45, 2.75) is 4.90 Å². The molecule has 8 nitrogen and oxygen atoms in total. The van der Waals surface area contributed by atoms with E-state index in [-0.39, 0.29) is 44.3 Å². The van der Waals surface area contributed by atoms with Gasteiger partial charge in [-0.15, -0.1) is 0 Å². The third kappa shape index (κ3) is 3.02. The Morgan fingerprint density at radius 1 is 0.862 bits per heavy atom. The fourth-order valence-electron chi connectivity index (χ4n) is 3.17. The number of ether oxygens (including phenoxy) is 1. The van der Waals surface area contributed by atoms with Gasteiger partial charge in [0.2, 0.25) is 0 Å². The van der Waals surface area contributed by atoms with Gasteiger partial charge in [-0.25, -0.2) is 0 Å². The Bertz CT molecular complexity index is 1300. The summed E-state index contributed by atoms with van der Waals surface area (Å²) in [5.74, 6) is -1.45. The first kappa shape index (κ1) is 18.7. The van der Waals surface area contributed by atoms with Crippen molar-refractivity contribution in [1.82, 2.24) is 0 Å². The molecule has 0 radical (unpaired) electrons. The van der Waals surface area contributed by atoms with Crippen LogP contribution in [0.15, 0.2) is 59.5 Å². The number of benzene rings is 3. The lowest BCUT2D eigenvalue weighted by molar-refractivity contribution is 0.0977. The molecule has 146 valence electrons. The maximum absolute atomic E-state index is 12.9. The molecule has 0 fully saturated rings. The molecule has 0 bridgehead atoms. The molecule has 0 atom stereocenters.